The summed E-state index contributed by atoms with van der Waals surface area (Å²) in [5, 5.41) is 23.8. The minimum atomic E-state index is -0.369. The second-order valence-corrected chi connectivity index (χ2v) is 7.34. The number of benzene rings is 3. The second kappa shape index (κ2) is 7.64. The zero-order valence-corrected chi connectivity index (χ0v) is 16.4. The number of hydrazone groups is 1. The lowest BCUT2D eigenvalue weighted by Crippen LogP contribution is -2.30. The van der Waals surface area contributed by atoms with Gasteiger partial charge in [0.25, 0.3) is 5.91 Å². The van der Waals surface area contributed by atoms with Crippen molar-refractivity contribution in [3.05, 3.63) is 89.7 Å². The summed E-state index contributed by atoms with van der Waals surface area (Å²) in [5.74, 6) is -0.435. The van der Waals surface area contributed by atoms with E-state index in [-0.39, 0.29) is 30.1 Å². The molecule has 5 rings (SSSR count). The first-order chi connectivity index (χ1) is 15.1. The van der Waals surface area contributed by atoms with Gasteiger partial charge in [-0.3, -0.25) is 4.79 Å². The Hall–Kier alpha value is -4.07. The zero-order chi connectivity index (χ0) is 21.4. The first kappa shape index (κ1) is 18.9. The third-order valence-electron chi connectivity index (χ3n) is 5.33. The maximum absolute atomic E-state index is 13.5. The van der Waals surface area contributed by atoms with Crippen molar-refractivity contribution in [2.75, 3.05) is 0 Å². The number of hydrogen-bond donors (Lipinski definition) is 1. The molecule has 1 aliphatic heterocycles. The van der Waals surface area contributed by atoms with Crippen molar-refractivity contribution in [1.29, 1.82) is 0 Å². The van der Waals surface area contributed by atoms with Gasteiger partial charge in [0.2, 0.25) is 0 Å². The number of aromatic hydroxyl groups is 1. The highest BCUT2D eigenvalue weighted by Crippen LogP contribution is 2.33. The highest BCUT2D eigenvalue weighted by Gasteiger charge is 2.33. The number of hydrogen-bond acceptors (Lipinski definition) is 5. The van der Waals surface area contributed by atoms with Crippen molar-refractivity contribution in [3.63, 3.8) is 0 Å². The van der Waals surface area contributed by atoms with Gasteiger partial charge in [0.1, 0.15) is 23.6 Å². The molecule has 1 amide bonds. The van der Waals surface area contributed by atoms with Gasteiger partial charge in [0.15, 0.2) is 0 Å². The SMILES string of the molecule is O=C(Cn1nnc2ccccc21)N1N=C(c2ccc(O)cc2)CC1c1ccc(F)cc1. The first-order valence-electron chi connectivity index (χ1n) is 9.81. The number of aromatic nitrogens is 3. The largest absolute Gasteiger partial charge is 0.508 e. The summed E-state index contributed by atoms with van der Waals surface area (Å²) in [6, 6.07) is 19.8. The van der Waals surface area contributed by atoms with E-state index in [0.717, 1.165) is 16.6 Å². The molecule has 2 heterocycles. The van der Waals surface area contributed by atoms with Crippen LogP contribution in [-0.4, -0.2) is 36.7 Å². The molecule has 1 aliphatic rings. The molecule has 3 aromatic carbocycles. The van der Waals surface area contributed by atoms with E-state index < -0.39 is 0 Å². The number of halogens is 1. The third-order valence-corrected chi connectivity index (χ3v) is 5.33. The molecule has 1 atom stereocenters. The Balaban J connectivity index is 1.48. The molecular weight excluding hydrogens is 397 g/mol. The number of phenolic OH excluding ortho intramolecular Hbond substituents is 1. The van der Waals surface area contributed by atoms with Crippen LogP contribution in [0, 0.1) is 5.82 Å². The van der Waals surface area contributed by atoms with Gasteiger partial charge in [-0.15, -0.1) is 5.10 Å². The smallest absolute Gasteiger partial charge is 0.265 e. The normalized spacial score (nSPS) is 16.0. The lowest BCUT2D eigenvalue weighted by Gasteiger charge is -2.22. The molecule has 8 heteroatoms. The molecular formula is C23H18FN5O2. The number of nitrogens with zero attached hydrogens (tertiary/aromatic N) is 5. The summed E-state index contributed by atoms with van der Waals surface area (Å²) in [7, 11) is 0. The Morgan fingerprint density at radius 3 is 2.55 bits per heavy atom. The summed E-state index contributed by atoms with van der Waals surface area (Å²) in [6.07, 6.45) is 0.472. The molecule has 31 heavy (non-hydrogen) atoms. The van der Waals surface area contributed by atoms with Crippen LogP contribution in [0.2, 0.25) is 0 Å². The Morgan fingerprint density at radius 2 is 1.77 bits per heavy atom. The fourth-order valence-electron chi connectivity index (χ4n) is 3.75. The van der Waals surface area contributed by atoms with Crippen molar-refractivity contribution >= 4 is 22.7 Å². The highest BCUT2D eigenvalue weighted by atomic mass is 19.1. The number of carbonyl (C=O) groups is 1. The van der Waals surface area contributed by atoms with Crippen LogP contribution in [0.15, 0.2) is 77.9 Å². The molecule has 1 unspecified atom stereocenters. The van der Waals surface area contributed by atoms with E-state index >= 15 is 0 Å². The number of amides is 1. The number of phenols is 1. The standard InChI is InChI=1S/C23H18FN5O2/c24-17-9-5-16(6-10-17)22-13-20(15-7-11-18(30)12-8-15)26-29(22)23(31)14-28-21-4-2-1-3-19(21)25-27-28/h1-12,22,30H,13-14H2. The molecule has 154 valence electrons. The Kier molecular flexibility index (Phi) is 4.66. The Bertz CT molecular complexity index is 1280. The molecule has 0 aliphatic carbocycles. The fourth-order valence-corrected chi connectivity index (χ4v) is 3.75. The van der Waals surface area contributed by atoms with Gasteiger partial charge in [-0.2, -0.15) is 5.10 Å². The van der Waals surface area contributed by atoms with Crippen LogP contribution in [0.1, 0.15) is 23.6 Å². The number of carbonyl (C=O) groups excluding carboxylic acids is 1. The number of fused-ring (bicyclic) bond motifs is 1. The van der Waals surface area contributed by atoms with Gasteiger partial charge in [-0.25, -0.2) is 14.1 Å². The van der Waals surface area contributed by atoms with Crippen LogP contribution in [0.4, 0.5) is 4.39 Å². The first-order valence-corrected chi connectivity index (χ1v) is 9.81. The van der Waals surface area contributed by atoms with E-state index in [9.17, 15) is 14.3 Å². The lowest BCUT2D eigenvalue weighted by molar-refractivity contribution is -0.133. The fraction of sp³-hybridized carbons (Fsp3) is 0.130. The predicted octanol–water partition coefficient (Wildman–Crippen LogP) is 3.65. The quantitative estimate of drug-likeness (QED) is 0.551. The third kappa shape index (κ3) is 3.63. The van der Waals surface area contributed by atoms with Crippen molar-refractivity contribution < 1.29 is 14.3 Å². The number of para-hydroxylation sites is 1. The summed E-state index contributed by atoms with van der Waals surface area (Å²) < 4.78 is 15.0. The van der Waals surface area contributed by atoms with Crippen LogP contribution < -0.4 is 0 Å². The van der Waals surface area contributed by atoms with Crippen molar-refractivity contribution in [3.8, 4) is 5.75 Å². The van der Waals surface area contributed by atoms with E-state index in [1.807, 2.05) is 24.3 Å². The van der Waals surface area contributed by atoms with Crippen LogP contribution >= 0.6 is 0 Å². The summed E-state index contributed by atoms with van der Waals surface area (Å²) >= 11 is 0. The van der Waals surface area contributed by atoms with Gasteiger partial charge >= 0.3 is 0 Å². The van der Waals surface area contributed by atoms with E-state index in [0.29, 0.717) is 17.6 Å². The minimum absolute atomic E-state index is 0.0232. The lowest BCUT2D eigenvalue weighted by atomic mass is 9.98. The highest BCUT2D eigenvalue weighted by molar-refractivity contribution is 6.03. The van der Waals surface area contributed by atoms with Crippen LogP contribution in [0.3, 0.4) is 0 Å². The predicted molar refractivity (Wildman–Crippen MR) is 113 cm³/mol. The Labute approximate surface area is 177 Å². The number of rotatable bonds is 4. The van der Waals surface area contributed by atoms with Gasteiger partial charge in [0, 0.05) is 6.42 Å². The molecule has 1 N–H and O–H groups in total. The van der Waals surface area contributed by atoms with E-state index in [1.54, 1.807) is 41.1 Å². The summed E-state index contributed by atoms with van der Waals surface area (Å²) in [6.45, 7) is -0.0232. The molecule has 0 saturated heterocycles. The van der Waals surface area contributed by atoms with Gasteiger partial charge in [0.05, 0.1) is 17.3 Å². The van der Waals surface area contributed by atoms with E-state index in [2.05, 4.69) is 15.4 Å². The average Bonchev–Trinajstić information content (AvgIpc) is 3.40. The molecule has 7 nitrogen and oxygen atoms in total. The van der Waals surface area contributed by atoms with Crippen molar-refractivity contribution in [1.82, 2.24) is 20.0 Å². The molecule has 1 aromatic heterocycles. The molecule has 0 saturated carbocycles. The van der Waals surface area contributed by atoms with E-state index in [1.165, 1.54) is 17.1 Å². The average molecular weight is 415 g/mol. The minimum Gasteiger partial charge on any atom is -0.508 e. The summed E-state index contributed by atoms with van der Waals surface area (Å²) in [5.41, 5.74) is 3.78. The van der Waals surface area contributed by atoms with E-state index in [4.69, 9.17) is 0 Å². The maximum atomic E-state index is 13.5. The van der Waals surface area contributed by atoms with Gasteiger partial charge in [-0.05, 0) is 59.7 Å². The molecule has 0 fully saturated rings. The van der Waals surface area contributed by atoms with Crippen LogP contribution in [0.5, 0.6) is 5.75 Å². The topological polar surface area (TPSA) is 83.6 Å². The molecule has 0 bridgehead atoms. The monoisotopic (exact) mass is 415 g/mol. The second-order valence-electron chi connectivity index (χ2n) is 7.34. The molecule has 0 spiro atoms. The van der Waals surface area contributed by atoms with Gasteiger partial charge < -0.3 is 5.11 Å². The molecule has 4 aromatic rings. The van der Waals surface area contributed by atoms with Crippen LogP contribution in [-0.2, 0) is 11.3 Å². The maximum Gasteiger partial charge on any atom is 0.265 e. The van der Waals surface area contributed by atoms with Crippen molar-refractivity contribution in [2.45, 2.75) is 19.0 Å². The molecule has 0 radical (unpaired) electrons. The zero-order valence-electron chi connectivity index (χ0n) is 16.4. The Morgan fingerprint density at radius 1 is 1.03 bits per heavy atom. The summed E-state index contributed by atoms with van der Waals surface area (Å²) in [4.78, 5) is 13.3. The van der Waals surface area contributed by atoms with Gasteiger partial charge in [-0.1, -0.05) is 29.5 Å². The van der Waals surface area contributed by atoms with Crippen LogP contribution in [0.25, 0.3) is 11.0 Å². The van der Waals surface area contributed by atoms with Crippen molar-refractivity contribution in [2.24, 2.45) is 5.10 Å².